The summed E-state index contributed by atoms with van der Waals surface area (Å²) < 4.78 is 13.6. The second-order valence-electron chi connectivity index (χ2n) is 4.19. The predicted octanol–water partition coefficient (Wildman–Crippen LogP) is 4.59. The lowest BCUT2D eigenvalue weighted by atomic mass is 9.98. The minimum absolute atomic E-state index is 0.237. The zero-order chi connectivity index (χ0) is 10.8. The van der Waals surface area contributed by atoms with E-state index in [-0.39, 0.29) is 10.8 Å². The first-order valence-electron chi connectivity index (χ1n) is 5.23. The van der Waals surface area contributed by atoms with E-state index in [2.05, 4.69) is 15.9 Å². The molecule has 0 bridgehead atoms. The summed E-state index contributed by atoms with van der Waals surface area (Å²) in [6.45, 7) is 0. The molecule has 1 aromatic rings. The largest absolute Gasteiger partial charge is 0.205 e. The van der Waals surface area contributed by atoms with Crippen LogP contribution >= 0.6 is 27.5 Å². The van der Waals surface area contributed by atoms with E-state index in [9.17, 15) is 4.39 Å². The van der Waals surface area contributed by atoms with Crippen LogP contribution in [0.25, 0.3) is 0 Å². The molecule has 0 radical (unpaired) electrons. The molecule has 2 rings (SSSR count). The van der Waals surface area contributed by atoms with Crippen molar-refractivity contribution in [1.82, 2.24) is 0 Å². The predicted molar refractivity (Wildman–Crippen MR) is 65.2 cm³/mol. The standard InChI is InChI=1S/C12H13BrClF/c13-10-5-4-8(7-10)6-9-2-1-3-11(14)12(9)15/h1-3,8,10H,4-7H2. The van der Waals surface area contributed by atoms with Crippen LogP contribution in [0.5, 0.6) is 0 Å². The van der Waals surface area contributed by atoms with Crippen molar-refractivity contribution >= 4 is 27.5 Å². The maximum Gasteiger partial charge on any atom is 0.144 e. The molecule has 0 nitrogen and oxygen atoms in total. The molecule has 82 valence electrons. The lowest BCUT2D eigenvalue weighted by Crippen LogP contribution is -2.02. The van der Waals surface area contributed by atoms with E-state index in [0.29, 0.717) is 10.7 Å². The summed E-state index contributed by atoms with van der Waals surface area (Å²) in [5.41, 5.74) is 0.758. The van der Waals surface area contributed by atoms with Gasteiger partial charge in [-0.15, -0.1) is 0 Å². The van der Waals surface area contributed by atoms with Crippen molar-refractivity contribution in [3.63, 3.8) is 0 Å². The summed E-state index contributed by atoms with van der Waals surface area (Å²) in [5.74, 6) is 0.361. The maximum absolute atomic E-state index is 13.6. The molecule has 0 N–H and O–H groups in total. The summed E-state index contributed by atoms with van der Waals surface area (Å²) in [6.07, 6.45) is 4.34. The normalized spacial score (nSPS) is 25.8. The summed E-state index contributed by atoms with van der Waals surface area (Å²) in [4.78, 5) is 0.616. The summed E-state index contributed by atoms with van der Waals surface area (Å²) in [5, 5.41) is 0.237. The molecule has 3 heteroatoms. The highest BCUT2D eigenvalue weighted by Crippen LogP contribution is 2.33. The van der Waals surface area contributed by atoms with Crippen LogP contribution in [0.2, 0.25) is 5.02 Å². The Bertz CT molecular complexity index is 353. The van der Waals surface area contributed by atoms with Crippen LogP contribution < -0.4 is 0 Å². The van der Waals surface area contributed by atoms with Crippen LogP contribution in [-0.2, 0) is 6.42 Å². The molecule has 0 saturated heterocycles. The van der Waals surface area contributed by atoms with E-state index in [1.165, 1.54) is 12.8 Å². The molecule has 2 atom stereocenters. The van der Waals surface area contributed by atoms with Gasteiger partial charge in [-0.3, -0.25) is 0 Å². The fourth-order valence-corrected chi connectivity index (χ4v) is 3.20. The van der Waals surface area contributed by atoms with Crippen molar-refractivity contribution in [3.05, 3.63) is 34.6 Å². The smallest absolute Gasteiger partial charge is 0.144 e. The van der Waals surface area contributed by atoms with Gasteiger partial charge in [-0.25, -0.2) is 4.39 Å². The molecule has 1 fully saturated rings. The van der Waals surface area contributed by atoms with E-state index in [1.54, 1.807) is 6.07 Å². The molecule has 2 unspecified atom stereocenters. The molecule has 1 aliphatic carbocycles. The van der Waals surface area contributed by atoms with E-state index >= 15 is 0 Å². The first-order chi connectivity index (χ1) is 7.16. The third-order valence-electron chi connectivity index (χ3n) is 3.02. The number of alkyl halides is 1. The first kappa shape index (κ1) is 11.4. The van der Waals surface area contributed by atoms with Crippen LogP contribution in [0.1, 0.15) is 24.8 Å². The van der Waals surface area contributed by atoms with Gasteiger partial charge in [-0.05, 0) is 43.2 Å². The maximum atomic E-state index is 13.6. The Hall–Kier alpha value is -0.0800. The Balaban J connectivity index is 2.07. The Labute approximate surface area is 103 Å². The van der Waals surface area contributed by atoms with Crippen LogP contribution in [-0.4, -0.2) is 4.83 Å². The zero-order valence-electron chi connectivity index (χ0n) is 8.35. The van der Waals surface area contributed by atoms with Crippen molar-refractivity contribution in [1.29, 1.82) is 0 Å². The van der Waals surface area contributed by atoms with Crippen LogP contribution in [0, 0.1) is 11.7 Å². The Morgan fingerprint density at radius 2 is 2.20 bits per heavy atom. The summed E-state index contributed by atoms with van der Waals surface area (Å²) in [7, 11) is 0. The zero-order valence-corrected chi connectivity index (χ0v) is 10.7. The highest BCUT2D eigenvalue weighted by molar-refractivity contribution is 9.09. The fourth-order valence-electron chi connectivity index (χ4n) is 2.22. The van der Waals surface area contributed by atoms with Gasteiger partial charge < -0.3 is 0 Å². The second kappa shape index (κ2) is 4.84. The Morgan fingerprint density at radius 3 is 2.87 bits per heavy atom. The molecule has 0 amide bonds. The molecule has 0 heterocycles. The quantitative estimate of drug-likeness (QED) is 0.699. The molecule has 0 aliphatic heterocycles. The number of hydrogen-bond donors (Lipinski definition) is 0. The van der Waals surface area contributed by atoms with Gasteiger partial charge in [0.1, 0.15) is 5.82 Å². The summed E-state index contributed by atoms with van der Waals surface area (Å²) >= 11 is 9.35. The van der Waals surface area contributed by atoms with E-state index < -0.39 is 0 Å². The van der Waals surface area contributed by atoms with Crippen molar-refractivity contribution in [2.45, 2.75) is 30.5 Å². The van der Waals surface area contributed by atoms with Crippen LogP contribution in [0.3, 0.4) is 0 Å². The van der Waals surface area contributed by atoms with Gasteiger partial charge >= 0.3 is 0 Å². The third-order valence-corrected chi connectivity index (χ3v) is 4.14. The SMILES string of the molecule is Fc1c(Cl)cccc1CC1CCC(Br)C1. The van der Waals surface area contributed by atoms with Gasteiger partial charge in [-0.1, -0.05) is 39.7 Å². The van der Waals surface area contributed by atoms with Gasteiger partial charge in [0.15, 0.2) is 0 Å². The highest BCUT2D eigenvalue weighted by Gasteiger charge is 2.23. The molecule has 0 aromatic heterocycles. The average Bonchev–Trinajstić information content (AvgIpc) is 2.59. The third kappa shape index (κ3) is 2.73. The number of hydrogen-bond acceptors (Lipinski definition) is 0. The number of halogens is 3. The molecule has 1 aromatic carbocycles. The molecule has 0 spiro atoms. The second-order valence-corrected chi connectivity index (χ2v) is 5.90. The lowest BCUT2D eigenvalue weighted by Gasteiger charge is -2.10. The minimum Gasteiger partial charge on any atom is -0.205 e. The topological polar surface area (TPSA) is 0 Å². The van der Waals surface area contributed by atoms with Gasteiger partial charge in [-0.2, -0.15) is 0 Å². The van der Waals surface area contributed by atoms with E-state index in [0.717, 1.165) is 18.4 Å². The molecular weight excluding hydrogens is 278 g/mol. The van der Waals surface area contributed by atoms with Crippen molar-refractivity contribution in [3.8, 4) is 0 Å². The van der Waals surface area contributed by atoms with Crippen molar-refractivity contribution in [2.24, 2.45) is 5.92 Å². The highest BCUT2D eigenvalue weighted by atomic mass is 79.9. The summed E-state index contributed by atoms with van der Waals surface area (Å²) in [6, 6.07) is 5.26. The Morgan fingerprint density at radius 1 is 1.40 bits per heavy atom. The van der Waals surface area contributed by atoms with Gasteiger partial charge in [0.25, 0.3) is 0 Å². The fraction of sp³-hybridized carbons (Fsp3) is 0.500. The monoisotopic (exact) mass is 290 g/mol. The molecule has 1 saturated carbocycles. The minimum atomic E-state index is -0.239. The van der Waals surface area contributed by atoms with Crippen LogP contribution in [0.15, 0.2) is 18.2 Å². The van der Waals surface area contributed by atoms with Gasteiger partial charge in [0.2, 0.25) is 0 Å². The first-order valence-corrected chi connectivity index (χ1v) is 6.53. The lowest BCUT2D eigenvalue weighted by molar-refractivity contribution is 0.522. The number of benzene rings is 1. The van der Waals surface area contributed by atoms with Crippen LogP contribution in [0.4, 0.5) is 4.39 Å². The van der Waals surface area contributed by atoms with Crippen molar-refractivity contribution in [2.75, 3.05) is 0 Å². The molecular formula is C12H13BrClF. The Kier molecular flexibility index (Phi) is 3.68. The van der Waals surface area contributed by atoms with Gasteiger partial charge in [0, 0.05) is 4.83 Å². The number of rotatable bonds is 2. The molecule has 1 aliphatic rings. The van der Waals surface area contributed by atoms with Gasteiger partial charge in [0.05, 0.1) is 5.02 Å². The molecule has 15 heavy (non-hydrogen) atoms. The van der Waals surface area contributed by atoms with Crippen molar-refractivity contribution < 1.29 is 4.39 Å². The van der Waals surface area contributed by atoms with E-state index in [4.69, 9.17) is 11.6 Å². The van der Waals surface area contributed by atoms with E-state index in [1.807, 2.05) is 12.1 Å². The average molecular weight is 292 g/mol.